The number of nitrogens with one attached hydrogen (secondary N) is 1. The highest BCUT2D eigenvalue weighted by molar-refractivity contribution is 5.92. The maximum atomic E-state index is 12.8. The predicted octanol–water partition coefficient (Wildman–Crippen LogP) is 1.67. The molecular formula is C18H21N6O+. The van der Waals surface area contributed by atoms with Crippen LogP contribution in [0.15, 0.2) is 49.2 Å². The Morgan fingerprint density at radius 2 is 2.32 bits per heavy atom. The van der Waals surface area contributed by atoms with Crippen LogP contribution in [0, 0.1) is 6.92 Å². The number of hydrogen-bond donors (Lipinski definition) is 1. The van der Waals surface area contributed by atoms with Gasteiger partial charge in [0.05, 0.1) is 18.4 Å². The van der Waals surface area contributed by atoms with Crippen molar-refractivity contribution in [3.63, 3.8) is 0 Å². The number of piperidine rings is 1. The molecule has 1 aliphatic heterocycles. The minimum Gasteiger partial charge on any atom is -0.333 e. The van der Waals surface area contributed by atoms with Crippen LogP contribution in [0.2, 0.25) is 0 Å². The molecule has 0 saturated carbocycles. The molecule has 0 bridgehead atoms. The van der Waals surface area contributed by atoms with Gasteiger partial charge in [0.1, 0.15) is 18.4 Å². The highest BCUT2D eigenvalue weighted by Crippen LogP contribution is 2.18. The second kappa shape index (κ2) is 6.51. The molecule has 1 amide bonds. The number of carbonyl (C=O) groups excluding carboxylic acids is 1. The average Bonchev–Trinajstić information content (AvgIpc) is 3.33. The Morgan fingerprint density at radius 1 is 1.40 bits per heavy atom. The van der Waals surface area contributed by atoms with Gasteiger partial charge in [-0.05, 0) is 37.5 Å². The number of aryl methyl sites for hydroxylation is 1. The summed E-state index contributed by atoms with van der Waals surface area (Å²) in [5.41, 5.74) is 2.44. The maximum absolute atomic E-state index is 12.8. The van der Waals surface area contributed by atoms with Gasteiger partial charge in [0.25, 0.3) is 5.91 Å². The van der Waals surface area contributed by atoms with Crippen molar-refractivity contribution < 1.29 is 9.36 Å². The summed E-state index contributed by atoms with van der Waals surface area (Å²) >= 11 is 0. The van der Waals surface area contributed by atoms with Crippen LogP contribution in [0.25, 0.3) is 5.69 Å². The Bertz CT molecular complexity index is 869. The van der Waals surface area contributed by atoms with Gasteiger partial charge in [-0.1, -0.05) is 17.3 Å². The molecule has 1 N–H and O–H groups in total. The Hall–Kier alpha value is -2.96. The number of H-pyrrole nitrogens is 1. The number of imidazole rings is 1. The van der Waals surface area contributed by atoms with Crippen LogP contribution in [0.5, 0.6) is 0 Å². The number of carbonyl (C=O) groups is 1. The minimum absolute atomic E-state index is 0.0558. The Labute approximate surface area is 145 Å². The van der Waals surface area contributed by atoms with E-state index in [1.807, 2.05) is 54.8 Å². The highest BCUT2D eigenvalue weighted by Gasteiger charge is 2.29. The zero-order chi connectivity index (χ0) is 17.2. The summed E-state index contributed by atoms with van der Waals surface area (Å²) in [7, 11) is 0. The molecule has 4 rings (SSSR count). The molecule has 0 spiro atoms. The summed E-state index contributed by atoms with van der Waals surface area (Å²) in [5.74, 6) is -0.0558. The van der Waals surface area contributed by atoms with Crippen molar-refractivity contribution in [3.8, 4) is 5.69 Å². The van der Waals surface area contributed by atoms with Gasteiger partial charge in [-0.25, -0.2) is 9.25 Å². The quantitative estimate of drug-likeness (QED) is 0.739. The zero-order valence-corrected chi connectivity index (χ0v) is 14.2. The highest BCUT2D eigenvalue weighted by atomic mass is 16.2. The summed E-state index contributed by atoms with van der Waals surface area (Å²) in [6, 6.07) is 8.27. The van der Waals surface area contributed by atoms with Crippen molar-refractivity contribution >= 4 is 5.91 Å². The minimum atomic E-state index is -0.0558. The second-order valence-electron chi connectivity index (χ2n) is 6.49. The summed E-state index contributed by atoms with van der Waals surface area (Å²) in [5, 5.41) is 8.22. The normalized spacial score (nSPS) is 17.6. The Kier molecular flexibility index (Phi) is 4.05. The van der Waals surface area contributed by atoms with E-state index < -0.39 is 0 Å². The largest absolute Gasteiger partial charge is 0.333 e. The van der Waals surface area contributed by atoms with E-state index in [2.05, 4.69) is 19.9 Å². The smallest absolute Gasteiger partial charge is 0.276 e. The van der Waals surface area contributed by atoms with Gasteiger partial charge in [0.2, 0.25) is 6.33 Å². The second-order valence-corrected chi connectivity index (χ2v) is 6.49. The number of nitrogens with zero attached hydrogens (tertiary/aromatic N) is 5. The first kappa shape index (κ1) is 15.6. The SMILES string of the molecule is Cc1cccc(-n2cc(C(=O)N3CCC[C@@H]([n+]4cc[nH]c4)C3)nn2)c1. The van der Waals surface area contributed by atoms with Crippen LogP contribution < -0.4 is 4.57 Å². The molecule has 1 fully saturated rings. The lowest BCUT2D eigenvalue weighted by molar-refractivity contribution is -0.723. The fraction of sp³-hybridized carbons (Fsp3) is 0.333. The number of aromatic nitrogens is 5. The topological polar surface area (TPSA) is 70.7 Å². The Morgan fingerprint density at radius 3 is 3.12 bits per heavy atom. The van der Waals surface area contributed by atoms with Gasteiger partial charge in [-0.3, -0.25) is 9.78 Å². The summed E-state index contributed by atoms with van der Waals surface area (Å²) < 4.78 is 3.78. The first-order chi connectivity index (χ1) is 12.2. The van der Waals surface area contributed by atoms with Crippen molar-refractivity contribution in [1.29, 1.82) is 0 Å². The van der Waals surface area contributed by atoms with Crippen molar-refractivity contribution in [2.45, 2.75) is 25.8 Å². The molecule has 3 aromatic rings. The molecule has 0 radical (unpaired) electrons. The molecule has 3 heterocycles. The van der Waals surface area contributed by atoms with Gasteiger partial charge >= 0.3 is 0 Å². The van der Waals surface area contributed by atoms with E-state index in [4.69, 9.17) is 0 Å². The summed E-state index contributed by atoms with van der Waals surface area (Å²) in [6.45, 7) is 3.48. The van der Waals surface area contributed by atoms with Crippen LogP contribution in [0.4, 0.5) is 0 Å². The number of benzene rings is 1. The molecule has 1 saturated heterocycles. The molecule has 1 aromatic carbocycles. The fourth-order valence-electron chi connectivity index (χ4n) is 3.33. The van der Waals surface area contributed by atoms with Gasteiger partial charge in [0.15, 0.2) is 5.69 Å². The van der Waals surface area contributed by atoms with E-state index in [-0.39, 0.29) is 5.91 Å². The molecule has 25 heavy (non-hydrogen) atoms. The zero-order valence-electron chi connectivity index (χ0n) is 14.2. The van der Waals surface area contributed by atoms with Crippen LogP contribution >= 0.6 is 0 Å². The number of rotatable bonds is 3. The maximum Gasteiger partial charge on any atom is 0.276 e. The van der Waals surface area contributed by atoms with Crippen LogP contribution in [0.1, 0.15) is 34.9 Å². The molecule has 1 atom stereocenters. The van der Waals surface area contributed by atoms with E-state index in [1.54, 1.807) is 10.9 Å². The van der Waals surface area contributed by atoms with E-state index in [0.29, 0.717) is 18.3 Å². The van der Waals surface area contributed by atoms with Gasteiger partial charge in [-0.15, -0.1) is 5.10 Å². The first-order valence-electron chi connectivity index (χ1n) is 8.53. The van der Waals surface area contributed by atoms with E-state index in [0.717, 1.165) is 30.6 Å². The lowest BCUT2D eigenvalue weighted by atomic mass is 10.1. The van der Waals surface area contributed by atoms with Crippen molar-refractivity contribution in [2.24, 2.45) is 0 Å². The Balaban J connectivity index is 1.51. The van der Waals surface area contributed by atoms with Crippen LogP contribution in [-0.2, 0) is 0 Å². The summed E-state index contributed by atoms with van der Waals surface area (Å²) in [6.07, 6.45) is 9.61. The molecule has 128 valence electrons. The third kappa shape index (κ3) is 3.17. The molecule has 7 nitrogen and oxygen atoms in total. The third-order valence-corrected chi connectivity index (χ3v) is 4.65. The number of hydrogen-bond acceptors (Lipinski definition) is 3. The van der Waals surface area contributed by atoms with E-state index in [1.165, 1.54) is 0 Å². The van der Waals surface area contributed by atoms with Crippen molar-refractivity contribution in [2.75, 3.05) is 13.1 Å². The molecule has 7 heteroatoms. The lowest BCUT2D eigenvalue weighted by Crippen LogP contribution is -2.49. The standard InChI is InChI=1S/C18H20N6O/c1-14-4-2-5-15(10-14)24-12-17(20-21-24)18(25)22-8-3-6-16(11-22)23-9-7-19-13-23/h2,4-5,7,9-10,12-13,16H,3,6,8,11H2,1H3/p+1/t16-/m1/s1. The van der Waals surface area contributed by atoms with E-state index in [9.17, 15) is 4.79 Å². The monoisotopic (exact) mass is 337 g/mol. The third-order valence-electron chi connectivity index (χ3n) is 4.65. The van der Waals surface area contributed by atoms with Crippen molar-refractivity contribution in [3.05, 3.63) is 60.4 Å². The van der Waals surface area contributed by atoms with Crippen LogP contribution in [-0.4, -0.2) is 43.9 Å². The van der Waals surface area contributed by atoms with Gasteiger partial charge in [-0.2, -0.15) is 0 Å². The summed E-state index contributed by atoms with van der Waals surface area (Å²) in [4.78, 5) is 17.8. The molecule has 0 aliphatic carbocycles. The number of amides is 1. The van der Waals surface area contributed by atoms with Crippen molar-refractivity contribution in [1.82, 2.24) is 24.9 Å². The van der Waals surface area contributed by atoms with E-state index >= 15 is 0 Å². The van der Waals surface area contributed by atoms with Crippen LogP contribution in [0.3, 0.4) is 0 Å². The lowest BCUT2D eigenvalue weighted by Gasteiger charge is -2.30. The predicted molar refractivity (Wildman–Crippen MR) is 91.3 cm³/mol. The van der Waals surface area contributed by atoms with Gasteiger partial charge < -0.3 is 4.90 Å². The fourth-order valence-corrected chi connectivity index (χ4v) is 3.33. The molecular weight excluding hydrogens is 316 g/mol. The molecule has 1 aliphatic rings. The average molecular weight is 337 g/mol. The number of aromatic amines is 1. The first-order valence-corrected chi connectivity index (χ1v) is 8.53. The molecule has 0 unspecified atom stereocenters. The van der Waals surface area contributed by atoms with Gasteiger partial charge in [0, 0.05) is 6.54 Å². The number of likely N-dealkylation sites (tertiary alicyclic amines) is 1. The molecule has 2 aromatic heterocycles.